The van der Waals surface area contributed by atoms with Crippen LogP contribution in [0.15, 0.2) is 72.0 Å². The summed E-state index contributed by atoms with van der Waals surface area (Å²) in [6.45, 7) is 4.18. The summed E-state index contributed by atoms with van der Waals surface area (Å²) in [4.78, 5) is 12.5. The van der Waals surface area contributed by atoms with E-state index in [4.69, 9.17) is 0 Å². The van der Waals surface area contributed by atoms with Crippen molar-refractivity contribution in [2.45, 2.75) is 13.8 Å². The van der Waals surface area contributed by atoms with Gasteiger partial charge in [0.25, 0.3) is 0 Å². The molecule has 1 atom stereocenters. The number of aliphatic imine (C=N–C) groups is 1. The first-order chi connectivity index (χ1) is 15.6. The second kappa shape index (κ2) is 6.99. The molecule has 3 aromatic heterocycles. The Labute approximate surface area is 183 Å². The van der Waals surface area contributed by atoms with Gasteiger partial charge in [0.15, 0.2) is 0 Å². The molecule has 0 fully saturated rings. The summed E-state index contributed by atoms with van der Waals surface area (Å²) in [7, 11) is 0. The molecule has 6 heteroatoms. The van der Waals surface area contributed by atoms with Crippen LogP contribution in [0.3, 0.4) is 0 Å². The number of hydrogen-bond acceptors (Lipinski definition) is 3. The third-order valence-electron chi connectivity index (χ3n) is 6.33. The number of fused-ring (bicyclic) bond motifs is 2. The summed E-state index contributed by atoms with van der Waals surface area (Å²) in [6, 6.07) is 16.8. The number of hydrogen-bond donors (Lipinski definition) is 2. The first kappa shape index (κ1) is 18.7. The number of nitrogens with zero attached hydrogens (tertiary/aromatic N) is 3. The van der Waals surface area contributed by atoms with Crippen LogP contribution in [0.25, 0.3) is 49.9 Å². The van der Waals surface area contributed by atoms with Crippen molar-refractivity contribution >= 4 is 33.1 Å². The highest BCUT2D eigenvalue weighted by atomic mass is 19.1. The van der Waals surface area contributed by atoms with Crippen LogP contribution in [0.5, 0.6) is 0 Å². The molecular weight excluding hydrogens is 401 g/mol. The molecule has 156 valence electrons. The maximum absolute atomic E-state index is 14.5. The van der Waals surface area contributed by atoms with Crippen LogP contribution in [-0.4, -0.2) is 25.9 Å². The minimum atomic E-state index is -0.236. The Morgan fingerprint density at radius 2 is 1.78 bits per heavy atom. The minimum Gasteiger partial charge on any atom is -0.353 e. The molecule has 5 nitrogen and oxygen atoms in total. The smallest absolute Gasteiger partial charge is 0.131 e. The lowest BCUT2D eigenvalue weighted by molar-refractivity contribution is 0.631. The molecule has 6 rings (SSSR count). The van der Waals surface area contributed by atoms with Gasteiger partial charge in [0, 0.05) is 45.3 Å². The minimum absolute atomic E-state index is 0.236. The largest absolute Gasteiger partial charge is 0.353 e. The van der Waals surface area contributed by atoms with Crippen molar-refractivity contribution in [1.82, 2.24) is 20.2 Å². The molecule has 0 aliphatic carbocycles. The summed E-state index contributed by atoms with van der Waals surface area (Å²) in [5, 5.41) is 9.58. The normalized spacial score (nSPS) is 16.0. The lowest BCUT2D eigenvalue weighted by Crippen LogP contribution is -2.05. The van der Waals surface area contributed by atoms with Crippen molar-refractivity contribution in [3.63, 3.8) is 0 Å². The summed E-state index contributed by atoms with van der Waals surface area (Å²) in [5.41, 5.74) is 8.00. The van der Waals surface area contributed by atoms with Crippen LogP contribution in [-0.2, 0) is 0 Å². The number of aromatic nitrogens is 4. The molecule has 1 aliphatic rings. The van der Waals surface area contributed by atoms with Gasteiger partial charge in [0.05, 0.1) is 23.1 Å². The van der Waals surface area contributed by atoms with Gasteiger partial charge in [-0.2, -0.15) is 5.10 Å². The van der Waals surface area contributed by atoms with Crippen molar-refractivity contribution in [2.75, 3.05) is 0 Å². The standard InChI is InChI=1S/C26H20FN5/c1-14-15(2)28-12-20(14)23-11-19-25(13-29-23)31-32-26(19)24-10-18-16(7-5-9-22(18)30-24)17-6-3-4-8-21(17)27/h3-14,30H,1-2H3,(H,31,32). The van der Waals surface area contributed by atoms with Gasteiger partial charge in [-0.25, -0.2) is 4.39 Å². The average Bonchev–Trinajstić information content (AvgIpc) is 3.50. The van der Waals surface area contributed by atoms with Crippen LogP contribution < -0.4 is 0 Å². The van der Waals surface area contributed by atoms with Gasteiger partial charge in [0.1, 0.15) is 11.5 Å². The van der Waals surface area contributed by atoms with Crippen molar-refractivity contribution < 1.29 is 4.39 Å². The fourth-order valence-electron chi connectivity index (χ4n) is 4.39. The van der Waals surface area contributed by atoms with Crippen LogP contribution in [0, 0.1) is 11.7 Å². The Bertz CT molecular complexity index is 1570. The third kappa shape index (κ3) is 2.80. The van der Waals surface area contributed by atoms with Crippen LogP contribution >= 0.6 is 0 Å². The molecule has 0 amide bonds. The van der Waals surface area contributed by atoms with E-state index in [1.54, 1.807) is 12.1 Å². The Morgan fingerprint density at radius 1 is 0.938 bits per heavy atom. The number of rotatable bonds is 3. The van der Waals surface area contributed by atoms with Crippen LogP contribution in [0.1, 0.15) is 19.5 Å². The van der Waals surface area contributed by atoms with Gasteiger partial charge in [-0.1, -0.05) is 37.3 Å². The molecule has 0 bridgehead atoms. The predicted octanol–water partition coefficient (Wildman–Crippen LogP) is 6.36. The van der Waals surface area contributed by atoms with Gasteiger partial charge in [0.2, 0.25) is 0 Å². The first-order valence-electron chi connectivity index (χ1n) is 10.6. The van der Waals surface area contributed by atoms with E-state index >= 15 is 0 Å². The molecule has 1 unspecified atom stereocenters. The van der Waals surface area contributed by atoms with E-state index < -0.39 is 0 Å². The summed E-state index contributed by atoms with van der Waals surface area (Å²) in [5.74, 6) is 0.00635. The Morgan fingerprint density at radius 3 is 2.59 bits per heavy atom. The van der Waals surface area contributed by atoms with E-state index in [-0.39, 0.29) is 11.7 Å². The topological polar surface area (TPSA) is 69.7 Å². The van der Waals surface area contributed by atoms with E-state index in [1.165, 1.54) is 6.07 Å². The van der Waals surface area contributed by atoms with E-state index in [0.717, 1.165) is 55.7 Å². The Balaban J connectivity index is 1.50. The number of benzene rings is 2. The van der Waals surface area contributed by atoms with E-state index in [1.807, 2.05) is 49.7 Å². The highest BCUT2D eigenvalue weighted by Crippen LogP contribution is 2.36. The second-order valence-corrected chi connectivity index (χ2v) is 8.19. The molecule has 1 aliphatic heterocycles. The molecule has 0 saturated carbocycles. The second-order valence-electron chi connectivity index (χ2n) is 8.19. The summed E-state index contributed by atoms with van der Waals surface area (Å²) >= 11 is 0. The number of allylic oxidation sites excluding steroid dienone is 1. The molecule has 2 N–H and O–H groups in total. The number of halogens is 1. The number of H-pyrrole nitrogens is 2. The lowest BCUT2D eigenvalue weighted by atomic mass is 9.96. The van der Waals surface area contributed by atoms with Crippen molar-refractivity contribution in [3.8, 4) is 22.5 Å². The maximum Gasteiger partial charge on any atom is 0.131 e. The van der Waals surface area contributed by atoms with Crippen molar-refractivity contribution in [2.24, 2.45) is 10.9 Å². The average molecular weight is 421 g/mol. The van der Waals surface area contributed by atoms with Gasteiger partial charge >= 0.3 is 0 Å². The fraction of sp³-hybridized carbons (Fsp3) is 0.115. The van der Waals surface area contributed by atoms with E-state index in [2.05, 4.69) is 38.1 Å². The highest BCUT2D eigenvalue weighted by molar-refractivity contribution is 6.03. The molecule has 4 heterocycles. The van der Waals surface area contributed by atoms with Gasteiger partial charge < -0.3 is 4.98 Å². The van der Waals surface area contributed by atoms with Crippen LogP contribution in [0.4, 0.5) is 4.39 Å². The van der Waals surface area contributed by atoms with Gasteiger partial charge in [-0.15, -0.1) is 0 Å². The molecular formula is C26H20FN5. The molecule has 0 spiro atoms. The molecule has 0 saturated heterocycles. The zero-order valence-corrected chi connectivity index (χ0v) is 17.6. The molecule has 5 aromatic rings. The highest BCUT2D eigenvalue weighted by Gasteiger charge is 2.21. The maximum atomic E-state index is 14.5. The molecule has 0 radical (unpaired) electrons. The van der Waals surface area contributed by atoms with Crippen LogP contribution in [0.2, 0.25) is 0 Å². The summed E-state index contributed by atoms with van der Waals surface area (Å²) in [6.07, 6.45) is 3.72. The summed E-state index contributed by atoms with van der Waals surface area (Å²) < 4.78 is 14.5. The zero-order chi connectivity index (χ0) is 21.8. The fourth-order valence-corrected chi connectivity index (χ4v) is 4.39. The van der Waals surface area contributed by atoms with E-state index in [9.17, 15) is 4.39 Å². The lowest BCUT2D eigenvalue weighted by Gasteiger charge is -2.09. The van der Waals surface area contributed by atoms with Gasteiger partial charge in [-0.3, -0.25) is 15.1 Å². The SMILES string of the molecule is CC1=NC=C(c2cc3c(-c4cc5c(-c6ccccc6F)cccc5[nH]4)n[nH]c3cn2)C1C. The third-order valence-corrected chi connectivity index (χ3v) is 6.33. The van der Waals surface area contributed by atoms with Crippen molar-refractivity contribution in [3.05, 3.63) is 78.5 Å². The monoisotopic (exact) mass is 421 g/mol. The predicted molar refractivity (Wildman–Crippen MR) is 127 cm³/mol. The first-order valence-corrected chi connectivity index (χ1v) is 10.6. The van der Waals surface area contributed by atoms with Gasteiger partial charge in [-0.05, 0) is 36.8 Å². The molecule has 2 aromatic carbocycles. The van der Waals surface area contributed by atoms with E-state index in [0.29, 0.717) is 5.56 Å². The number of nitrogens with one attached hydrogen (secondary N) is 2. The Kier molecular flexibility index (Phi) is 4.08. The number of pyridine rings is 1. The quantitative estimate of drug-likeness (QED) is 0.356. The molecule has 32 heavy (non-hydrogen) atoms. The van der Waals surface area contributed by atoms with Crippen molar-refractivity contribution in [1.29, 1.82) is 0 Å². The zero-order valence-electron chi connectivity index (χ0n) is 17.6. The Hall–Kier alpha value is -4.06. The number of aromatic amines is 2.